The van der Waals surface area contributed by atoms with Crippen LogP contribution in [0.3, 0.4) is 0 Å². The molecule has 0 saturated heterocycles. The molecule has 5 nitrogen and oxygen atoms in total. The van der Waals surface area contributed by atoms with Gasteiger partial charge in [0.25, 0.3) is 0 Å². The van der Waals surface area contributed by atoms with Crippen molar-refractivity contribution in [2.24, 2.45) is 0 Å². The van der Waals surface area contributed by atoms with Gasteiger partial charge in [-0.3, -0.25) is 0 Å². The molecular weight excluding hydrogens is 214 g/mol. The van der Waals surface area contributed by atoms with Gasteiger partial charge in [-0.15, -0.1) is 0 Å². The molecule has 0 unspecified atom stereocenters. The number of aryl methyl sites for hydroxylation is 1. The van der Waals surface area contributed by atoms with Crippen LogP contribution in [0.2, 0.25) is 0 Å². The number of rotatable bonds is 3. The van der Waals surface area contributed by atoms with Gasteiger partial charge in [-0.25, -0.2) is 15.0 Å². The summed E-state index contributed by atoms with van der Waals surface area (Å²) >= 11 is 0. The van der Waals surface area contributed by atoms with Crippen molar-refractivity contribution in [1.29, 1.82) is 0 Å². The van der Waals surface area contributed by atoms with Crippen molar-refractivity contribution in [2.45, 2.75) is 6.92 Å². The highest BCUT2D eigenvalue weighted by molar-refractivity contribution is 5.58. The average molecular weight is 229 g/mol. The van der Waals surface area contributed by atoms with Crippen molar-refractivity contribution < 1.29 is 0 Å². The fourth-order valence-corrected chi connectivity index (χ4v) is 1.40. The Bertz CT molecular complexity index is 510. The van der Waals surface area contributed by atoms with Crippen LogP contribution in [-0.4, -0.2) is 29.0 Å². The zero-order valence-corrected chi connectivity index (χ0v) is 10.2. The number of pyridine rings is 1. The second-order valence-corrected chi connectivity index (χ2v) is 3.95. The first kappa shape index (κ1) is 11.3. The van der Waals surface area contributed by atoms with Crippen molar-refractivity contribution in [1.82, 2.24) is 15.0 Å². The molecule has 1 N–H and O–H groups in total. The molecule has 0 aliphatic heterocycles. The molecule has 0 bridgehead atoms. The van der Waals surface area contributed by atoms with Crippen LogP contribution in [0.25, 0.3) is 0 Å². The molecule has 2 rings (SSSR count). The average Bonchev–Trinajstić information content (AvgIpc) is 2.32. The zero-order valence-electron chi connectivity index (χ0n) is 10.2. The molecule has 0 spiro atoms. The van der Waals surface area contributed by atoms with Crippen molar-refractivity contribution in [3.8, 4) is 0 Å². The molecule has 5 heteroatoms. The summed E-state index contributed by atoms with van der Waals surface area (Å²) < 4.78 is 0. The fraction of sp³-hybridized carbons (Fsp3) is 0.250. The molecule has 88 valence electrons. The van der Waals surface area contributed by atoms with Gasteiger partial charge in [-0.1, -0.05) is 6.07 Å². The molecule has 0 fully saturated rings. The maximum Gasteiger partial charge on any atom is 0.137 e. The van der Waals surface area contributed by atoms with Crippen LogP contribution in [0, 0.1) is 6.92 Å². The van der Waals surface area contributed by atoms with E-state index >= 15 is 0 Å². The van der Waals surface area contributed by atoms with E-state index in [-0.39, 0.29) is 0 Å². The molecule has 17 heavy (non-hydrogen) atoms. The maximum atomic E-state index is 4.26. The Morgan fingerprint density at radius 2 is 2.00 bits per heavy atom. The van der Waals surface area contributed by atoms with Gasteiger partial charge in [0.05, 0.1) is 0 Å². The standard InChI is InChI=1S/C12H15N5/c1-9-5-4-6-13-12(9)16-10-7-11(17(2)3)15-8-14-10/h4-8H,1-3H3,(H,13,14,15,16). The summed E-state index contributed by atoms with van der Waals surface area (Å²) in [5.41, 5.74) is 1.08. The number of hydrogen-bond donors (Lipinski definition) is 1. The molecule has 2 aromatic rings. The first-order valence-corrected chi connectivity index (χ1v) is 5.35. The summed E-state index contributed by atoms with van der Waals surface area (Å²) in [4.78, 5) is 14.5. The van der Waals surface area contributed by atoms with E-state index in [9.17, 15) is 0 Å². The Labute approximate surface area is 101 Å². The minimum absolute atomic E-state index is 0.741. The molecule has 0 radical (unpaired) electrons. The largest absolute Gasteiger partial charge is 0.363 e. The molecule has 0 atom stereocenters. The lowest BCUT2D eigenvalue weighted by Gasteiger charge is -2.12. The third-order valence-corrected chi connectivity index (χ3v) is 2.37. The topological polar surface area (TPSA) is 53.9 Å². The molecular formula is C12H15N5. The van der Waals surface area contributed by atoms with Gasteiger partial charge in [0.15, 0.2) is 0 Å². The van der Waals surface area contributed by atoms with E-state index < -0.39 is 0 Å². The summed E-state index contributed by atoms with van der Waals surface area (Å²) in [5, 5.41) is 3.18. The maximum absolute atomic E-state index is 4.26. The summed E-state index contributed by atoms with van der Waals surface area (Å²) in [5.74, 6) is 2.41. The molecule has 0 saturated carbocycles. The highest BCUT2D eigenvalue weighted by atomic mass is 15.2. The second kappa shape index (κ2) is 4.78. The van der Waals surface area contributed by atoms with Gasteiger partial charge in [-0.2, -0.15) is 0 Å². The zero-order chi connectivity index (χ0) is 12.3. The van der Waals surface area contributed by atoms with Crippen LogP contribution in [0.4, 0.5) is 17.5 Å². The van der Waals surface area contributed by atoms with E-state index in [0.29, 0.717) is 0 Å². The Morgan fingerprint density at radius 1 is 1.18 bits per heavy atom. The molecule has 2 aromatic heterocycles. The van der Waals surface area contributed by atoms with E-state index in [1.165, 1.54) is 6.33 Å². The van der Waals surface area contributed by atoms with Gasteiger partial charge in [0, 0.05) is 26.4 Å². The first-order chi connectivity index (χ1) is 8.16. The minimum atomic E-state index is 0.741. The fourth-order valence-electron chi connectivity index (χ4n) is 1.40. The van der Waals surface area contributed by atoms with Crippen LogP contribution in [-0.2, 0) is 0 Å². The Morgan fingerprint density at radius 3 is 2.71 bits per heavy atom. The van der Waals surface area contributed by atoms with E-state index in [1.807, 2.05) is 44.1 Å². The Balaban J connectivity index is 2.25. The summed E-state index contributed by atoms with van der Waals surface area (Å²) in [7, 11) is 3.89. The van der Waals surface area contributed by atoms with Gasteiger partial charge < -0.3 is 10.2 Å². The summed E-state index contributed by atoms with van der Waals surface area (Å²) in [6, 6.07) is 5.79. The Hall–Kier alpha value is -2.17. The normalized spacial score (nSPS) is 10.1. The number of nitrogens with zero attached hydrogens (tertiary/aromatic N) is 4. The second-order valence-electron chi connectivity index (χ2n) is 3.95. The van der Waals surface area contributed by atoms with E-state index in [0.717, 1.165) is 23.0 Å². The monoisotopic (exact) mass is 229 g/mol. The molecule has 0 aromatic carbocycles. The van der Waals surface area contributed by atoms with E-state index in [2.05, 4.69) is 20.3 Å². The van der Waals surface area contributed by atoms with Crippen LogP contribution in [0.15, 0.2) is 30.7 Å². The predicted molar refractivity (Wildman–Crippen MR) is 68.6 cm³/mol. The first-order valence-electron chi connectivity index (χ1n) is 5.35. The lowest BCUT2D eigenvalue weighted by molar-refractivity contribution is 1.04. The lowest BCUT2D eigenvalue weighted by Crippen LogP contribution is -2.11. The van der Waals surface area contributed by atoms with Crippen LogP contribution < -0.4 is 10.2 Å². The lowest BCUT2D eigenvalue weighted by atomic mass is 10.3. The van der Waals surface area contributed by atoms with Gasteiger partial charge >= 0.3 is 0 Å². The summed E-state index contributed by atoms with van der Waals surface area (Å²) in [6.07, 6.45) is 3.29. The molecule has 0 amide bonds. The number of aromatic nitrogens is 3. The molecule has 0 aliphatic carbocycles. The van der Waals surface area contributed by atoms with Crippen LogP contribution in [0.1, 0.15) is 5.56 Å². The van der Waals surface area contributed by atoms with Gasteiger partial charge in [0.1, 0.15) is 23.8 Å². The van der Waals surface area contributed by atoms with Crippen molar-refractivity contribution in [3.63, 3.8) is 0 Å². The molecule has 0 aliphatic rings. The van der Waals surface area contributed by atoms with Crippen molar-refractivity contribution >= 4 is 17.5 Å². The number of nitrogens with one attached hydrogen (secondary N) is 1. The Kier molecular flexibility index (Phi) is 3.18. The SMILES string of the molecule is Cc1cccnc1Nc1cc(N(C)C)ncn1. The quantitative estimate of drug-likeness (QED) is 0.872. The smallest absolute Gasteiger partial charge is 0.137 e. The van der Waals surface area contributed by atoms with Gasteiger partial charge in [0.2, 0.25) is 0 Å². The van der Waals surface area contributed by atoms with Crippen molar-refractivity contribution in [3.05, 3.63) is 36.3 Å². The van der Waals surface area contributed by atoms with Crippen molar-refractivity contribution in [2.75, 3.05) is 24.3 Å². The van der Waals surface area contributed by atoms with Gasteiger partial charge in [-0.05, 0) is 18.6 Å². The predicted octanol–water partition coefficient (Wildman–Crippen LogP) is 1.99. The van der Waals surface area contributed by atoms with Crippen LogP contribution in [0.5, 0.6) is 0 Å². The third kappa shape index (κ3) is 2.69. The highest BCUT2D eigenvalue weighted by Gasteiger charge is 2.03. The highest BCUT2D eigenvalue weighted by Crippen LogP contribution is 2.17. The van der Waals surface area contributed by atoms with Crippen LogP contribution >= 0.6 is 0 Å². The minimum Gasteiger partial charge on any atom is -0.363 e. The number of hydrogen-bond acceptors (Lipinski definition) is 5. The third-order valence-electron chi connectivity index (χ3n) is 2.37. The number of anilines is 3. The molecule has 2 heterocycles. The van der Waals surface area contributed by atoms with E-state index in [4.69, 9.17) is 0 Å². The summed E-state index contributed by atoms with van der Waals surface area (Å²) in [6.45, 7) is 2.00. The van der Waals surface area contributed by atoms with E-state index in [1.54, 1.807) is 6.20 Å².